The highest BCUT2D eigenvalue weighted by molar-refractivity contribution is 6.05. The first-order valence-electron chi connectivity index (χ1n) is 10.4. The van der Waals surface area contributed by atoms with Crippen molar-refractivity contribution in [2.75, 3.05) is 13.7 Å². The number of halogens is 3. The summed E-state index contributed by atoms with van der Waals surface area (Å²) in [4.78, 5) is 4.37. The third kappa shape index (κ3) is 7.62. The molecule has 0 radical (unpaired) electrons. The average Bonchev–Trinajstić information content (AvgIpc) is 2.73. The predicted molar refractivity (Wildman–Crippen MR) is 123 cm³/mol. The van der Waals surface area contributed by atoms with Crippen LogP contribution in [-0.4, -0.2) is 25.6 Å². The maximum atomic E-state index is 13.2. The minimum Gasteiger partial charge on any atom is -0.490 e. The summed E-state index contributed by atoms with van der Waals surface area (Å²) < 4.78 is 51.3. The summed E-state index contributed by atoms with van der Waals surface area (Å²) in [7, 11) is 1.09. The summed E-state index contributed by atoms with van der Waals surface area (Å²) in [6.45, 7) is 12.1. The van der Waals surface area contributed by atoms with Crippen molar-refractivity contribution in [1.29, 1.82) is 0 Å². The molecule has 4 nitrogen and oxygen atoms in total. The van der Waals surface area contributed by atoms with Gasteiger partial charge in [-0.3, -0.25) is 0 Å². The van der Waals surface area contributed by atoms with E-state index in [0.717, 1.165) is 35.3 Å². The van der Waals surface area contributed by atoms with Gasteiger partial charge in [-0.05, 0) is 62.1 Å². The quantitative estimate of drug-likeness (QED) is 0.244. The molecule has 7 heteroatoms. The second-order valence-corrected chi connectivity index (χ2v) is 6.82. The van der Waals surface area contributed by atoms with Crippen LogP contribution in [0.5, 0.6) is 11.5 Å². The molecule has 0 fully saturated rings. The van der Waals surface area contributed by atoms with Gasteiger partial charge in [-0.15, -0.1) is 0 Å². The van der Waals surface area contributed by atoms with Gasteiger partial charge in [-0.1, -0.05) is 49.4 Å². The fourth-order valence-corrected chi connectivity index (χ4v) is 3.04. The Morgan fingerprint density at radius 3 is 2.09 bits per heavy atom. The lowest BCUT2D eigenvalue weighted by atomic mass is 10.0. The summed E-state index contributed by atoms with van der Waals surface area (Å²) in [5.74, 6) is 1.49. The van der Waals surface area contributed by atoms with Crippen LogP contribution in [0.25, 0.3) is 0 Å². The Labute approximate surface area is 188 Å². The van der Waals surface area contributed by atoms with Crippen LogP contribution in [0.2, 0.25) is 0 Å². The van der Waals surface area contributed by atoms with Crippen molar-refractivity contribution < 1.29 is 27.5 Å². The molecule has 2 rings (SSSR count). The average molecular weight is 452 g/mol. The number of ether oxygens (including phenoxy) is 2. The van der Waals surface area contributed by atoms with Gasteiger partial charge in [0, 0.05) is 5.56 Å². The van der Waals surface area contributed by atoms with Crippen molar-refractivity contribution >= 4 is 5.71 Å². The number of nitrogens with zero attached hydrogens (tertiary/aromatic N) is 1. The molecule has 0 saturated carbocycles. The molecule has 0 aliphatic heterocycles. The van der Waals surface area contributed by atoms with Gasteiger partial charge in [0.2, 0.25) is 0 Å². The standard InChI is InChI=1S/C23H26F3NO3.C2H6/c1-6-7-10-29-19-12-16(3)21(17(4)13-19)30-14-18-8-9-20(15(2)11-18)22(27-28-5)23(24,25)26;1-2/h6-9,11-13H,10,14H2,1-5H3;1-2H3/b7-6+,27-22+;. The van der Waals surface area contributed by atoms with Gasteiger partial charge in [-0.2, -0.15) is 13.2 Å². The largest absolute Gasteiger partial charge is 0.490 e. The molecular weight excluding hydrogens is 419 g/mol. The van der Waals surface area contributed by atoms with Gasteiger partial charge in [0.15, 0.2) is 5.71 Å². The van der Waals surface area contributed by atoms with Crippen molar-refractivity contribution in [2.24, 2.45) is 5.16 Å². The van der Waals surface area contributed by atoms with Gasteiger partial charge in [0.25, 0.3) is 0 Å². The second-order valence-electron chi connectivity index (χ2n) is 6.82. The SMILES string of the molecule is C/C=C/COc1cc(C)c(OCc2ccc(/C(=N\OC)C(F)(F)F)c(C)c2)c(C)c1.CC. The van der Waals surface area contributed by atoms with E-state index in [9.17, 15) is 13.2 Å². The molecule has 0 unspecified atom stereocenters. The first-order valence-corrected chi connectivity index (χ1v) is 10.4. The van der Waals surface area contributed by atoms with E-state index in [2.05, 4.69) is 9.99 Å². The summed E-state index contributed by atoms with van der Waals surface area (Å²) >= 11 is 0. The number of aryl methyl sites for hydroxylation is 3. The minimum atomic E-state index is -4.61. The second kappa shape index (κ2) is 12.8. The Morgan fingerprint density at radius 2 is 1.59 bits per heavy atom. The highest BCUT2D eigenvalue weighted by Crippen LogP contribution is 2.30. The van der Waals surface area contributed by atoms with Gasteiger partial charge in [0.05, 0.1) is 0 Å². The molecule has 0 aliphatic rings. The normalized spacial score (nSPS) is 11.8. The molecule has 0 N–H and O–H groups in total. The lowest BCUT2D eigenvalue weighted by molar-refractivity contribution is -0.0608. The Bertz CT molecular complexity index is 912. The van der Waals surface area contributed by atoms with Crippen molar-refractivity contribution in [3.63, 3.8) is 0 Å². The number of rotatable bonds is 8. The first kappa shape index (κ1) is 27.1. The molecule has 0 aromatic heterocycles. The summed E-state index contributed by atoms with van der Waals surface area (Å²) in [5.41, 5.74) is 1.95. The van der Waals surface area contributed by atoms with Gasteiger partial charge < -0.3 is 14.3 Å². The number of allylic oxidation sites excluding steroid dienone is 1. The smallest absolute Gasteiger partial charge is 0.437 e. The molecule has 0 aliphatic carbocycles. The molecular formula is C25H32F3NO3. The molecule has 2 aromatic rings. The van der Waals surface area contributed by atoms with Crippen molar-refractivity contribution in [3.05, 3.63) is 70.3 Å². The fraction of sp³-hybridized carbons (Fsp3) is 0.400. The fourth-order valence-electron chi connectivity index (χ4n) is 3.04. The third-order valence-electron chi connectivity index (χ3n) is 4.40. The van der Waals surface area contributed by atoms with E-state index in [1.807, 2.05) is 58.9 Å². The molecule has 0 amide bonds. The van der Waals surface area contributed by atoms with Crippen LogP contribution in [0, 0.1) is 20.8 Å². The third-order valence-corrected chi connectivity index (χ3v) is 4.40. The maximum absolute atomic E-state index is 13.2. The lowest BCUT2D eigenvalue weighted by Crippen LogP contribution is -2.25. The van der Waals surface area contributed by atoms with E-state index in [-0.39, 0.29) is 12.2 Å². The molecule has 0 heterocycles. The molecule has 0 atom stereocenters. The molecule has 0 bridgehead atoms. The van der Waals surface area contributed by atoms with Gasteiger partial charge in [-0.25, -0.2) is 0 Å². The highest BCUT2D eigenvalue weighted by Gasteiger charge is 2.38. The molecule has 32 heavy (non-hydrogen) atoms. The van der Waals surface area contributed by atoms with E-state index in [4.69, 9.17) is 9.47 Å². The van der Waals surface area contributed by atoms with E-state index >= 15 is 0 Å². The summed E-state index contributed by atoms with van der Waals surface area (Å²) in [5, 5.41) is 3.15. The van der Waals surface area contributed by atoms with E-state index in [1.165, 1.54) is 6.07 Å². The Kier molecular flexibility index (Phi) is 10.8. The number of benzene rings is 2. The number of hydrogen-bond donors (Lipinski definition) is 0. The number of oxime groups is 1. The van der Waals surface area contributed by atoms with Gasteiger partial charge in [0.1, 0.15) is 31.8 Å². The van der Waals surface area contributed by atoms with Crippen LogP contribution >= 0.6 is 0 Å². The zero-order chi connectivity index (χ0) is 24.3. The van der Waals surface area contributed by atoms with Crippen molar-refractivity contribution in [2.45, 2.75) is 54.3 Å². The van der Waals surface area contributed by atoms with Crippen LogP contribution < -0.4 is 9.47 Å². The Balaban J connectivity index is 0.00000249. The first-order chi connectivity index (χ1) is 15.2. The molecule has 176 valence electrons. The Hall–Kier alpha value is -2.96. The van der Waals surface area contributed by atoms with E-state index in [1.54, 1.807) is 19.1 Å². The van der Waals surface area contributed by atoms with Crippen molar-refractivity contribution in [1.82, 2.24) is 0 Å². The molecule has 0 spiro atoms. The monoisotopic (exact) mass is 451 g/mol. The highest BCUT2D eigenvalue weighted by atomic mass is 19.4. The van der Waals surface area contributed by atoms with Gasteiger partial charge >= 0.3 is 6.18 Å². The minimum absolute atomic E-state index is 0.0249. The summed E-state index contributed by atoms with van der Waals surface area (Å²) in [6.07, 6.45) is -0.768. The van der Waals surface area contributed by atoms with Crippen LogP contribution in [0.4, 0.5) is 13.2 Å². The number of alkyl halides is 3. The topological polar surface area (TPSA) is 40.0 Å². The predicted octanol–water partition coefficient (Wildman–Crippen LogP) is 7.08. The Morgan fingerprint density at radius 1 is 0.969 bits per heavy atom. The zero-order valence-electron chi connectivity index (χ0n) is 19.8. The molecule has 2 aromatic carbocycles. The lowest BCUT2D eigenvalue weighted by Gasteiger charge is -2.16. The van der Waals surface area contributed by atoms with Crippen molar-refractivity contribution in [3.8, 4) is 11.5 Å². The van der Waals surface area contributed by atoms with E-state index < -0.39 is 11.9 Å². The van der Waals surface area contributed by atoms with E-state index in [0.29, 0.717) is 12.2 Å². The maximum Gasteiger partial charge on any atom is 0.437 e. The zero-order valence-corrected chi connectivity index (χ0v) is 19.8. The van der Waals surface area contributed by atoms with Crippen LogP contribution in [0.15, 0.2) is 47.6 Å². The molecule has 0 saturated heterocycles. The van der Waals surface area contributed by atoms with Crippen LogP contribution in [0.1, 0.15) is 48.6 Å². The summed E-state index contributed by atoms with van der Waals surface area (Å²) in [6, 6.07) is 8.44. The number of hydrogen-bond acceptors (Lipinski definition) is 4. The van der Waals surface area contributed by atoms with Crippen LogP contribution in [-0.2, 0) is 11.4 Å². The van der Waals surface area contributed by atoms with Crippen LogP contribution in [0.3, 0.4) is 0 Å².